The molecule has 0 saturated carbocycles. The van der Waals surface area contributed by atoms with Crippen LogP contribution in [0.15, 0.2) is 24.3 Å². The van der Waals surface area contributed by atoms with Crippen LogP contribution >= 0.6 is 11.3 Å². The van der Waals surface area contributed by atoms with Gasteiger partial charge in [-0.15, -0.1) is 11.3 Å². The van der Waals surface area contributed by atoms with E-state index in [2.05, 4.69) is 5.32 Å². The Morgan fingerprint density at radius 1 is 1.32 bits per heavy atom. The van der Waals surface area contributed by atoms with Gasteiger partial charge in [0.15, 0.2) is 0 Å². The van der Waals surface area contributed by atoms with Crippen LogP contribution in [0.3, 0.4) is 0 Å². The lowest BCUT2D eigenvalue weighted by molar-refractivity contribution is -0.124. The van der Waals surface area contributed by atoms with E-state index in [0.717, 1.165) is 11.3 Å². The Kier molecular flexibility index (Phi) is 5.15. The molecule has 25 heavy (non-hydrogen) atoms. The molecule has 5 nitrogen and oxygen atoms in total. The Morgan fingerprint density at radius 2 is 2.04 bits per heavy atom. The third-order valence-corrected chi connectivity index (χ3v) is 5.09. The summed E-state index contributed by atoms with van der Waals surface area (Å²) in [7, 11) is 1.29. The Morgan fingerprint density at radius 3 is 2.64 bits per heavy atom. The predicted octanol–water partition coefficient (Wildman–Crippen LogP) is 3.77. The van der Waals surface area contributed by atoms with Crippen molar-refractivity contribution in [3.8, 4) is 11.1 Å². The molecule has 2 heterocycles. The number of hydrogen-bond donors (Lipinski definition) is 1. The molecule has 2 aromatic rings. The van der Waals surface area contributed by atoms with E-state index in [4.69, 9.17) is 9.47 Å². The summed E-state index contributed by atoms with van der Waals surface area (Å²) in [6.45, 7) is 2.41. The van der Waals surface area contributed by atoms with Crippen LogP contribution in [0.1, 0.15) is 28.1 Å². The predicted molar refractivity (Wildman–Crippen MR) is 93.4 cm³/mol. The number of nitrogens with one attached hydrogen (secondary N) is 1. The smallest absolute Gasteiger partial charge is 0.341 e. The van der Waals surface area contributed by atoms with Gasteiger partial charge in [0.2, 0.25) is 0 Å². The molecule has 1 fully saturated rings. The average Bonchev–Trinajstić information content (AvgIpc) is 3.23. The number of rotatable bonds is 4. The summed E-state index contributed by atoms with van der Waals surface area (Å²) in [5.41, 5.74) is 1.61. The van der Waals surface area contributed by atoms with Crippen molar-refractivity contribution in [2.75, 3.05) is 19.0 Å². The van der Waals surface area contributed by atoms with Crippen LogP contribution in [-0.4, -0.2) is 31.7 Å². The number of anilines is 1. The minimum absolute atomic E-state index is 0.269. The van der Waals surface area contributed by atoms with E-state index in [-0.39, 0.29) is 17.3 Å². The van der Waals surface area contributed by atoms with Gasteiger partial charge in [0.25, 0.3) is 5.91 Å². The van der Waals surface area contributed by atoms with Crippen molar-refractivity contribution in [3.05, 3.63) is 40.5 Å². The third-order valence-electron chi connectivity index (χ3n) is 4.07. The zero-order chi connectivity index (χ0) is 18.0. The maximum absolute atomic E-state index is 13.2. The van der Waals surface area contributed by atoms with Crippen LogP contribution in [0, 0.1) is 12.7 Å². The highest BCUT2D eigenvalue weighted by molar-refractivity contribution is 7.17. The number of aryl methyl sites for hydroxylation is 1. The molecule has 1 atom stereocenters. The fourth-order valence-electron chi connectivity index (χ4n) is 2.87. The third kappa shape index (κ3) is 3.57. The minimum atomic E-state index is -0.550. The highest BCUT2D eigenvalue weighted by Crippen LogP contribution is 2.40. The summed E-state index contributed by atoms with van der Waals surface area (Å²) < 4.78 is 23.5. The van der Waals surface area contributed by atoms with Gasteiger partial charge in [-0.05, 0) is 37.5 Å². The molecule has 0 aliphatic carbocycles. The number of esters is 1. The van der Waals surface area contributed by atoms with Crippen LogP contribution in [-0.2, 0) is 14.3 Å². The van der Waals surface area contributed by atoms with E-state index in [0.29, 0.717) is 29.2 Å². The first-order valence-electron chi connectivity index (χ1n) is 7.91. The van der Waals surface area contributed by atoms with Gasteiger partial charge in [0.1, 0.15) is 22.5 Å². The first kappa shape index (κ1) is 17.6. The molecule has 0 radical (unpaired) electrons. The second-order valence-electron chi connectivity index (χ2n) is 5.73. The Bertz CT molecular complexity index is 794. The Hall–Kier alpha value is -2.25. The molecule has 7 heteroatoms. The fourth-order valence-corrected chi connectivity index (χ4v) is 3.94. The highest BCUT2D eigenvalue weighted by atomic mass is 32.1. The number of halogens is 1. The van der Waals surface area contributed by atoms with Gasteiger partial charge in [-0.1, -0.05) is 12.1 Å². The molecular formula is C18H18FNO4S. The molecule has 1 saturated heterocycles. The van der Waals surface area contributed by atoms with Gasteiger partial charge in [-0.25, -0.2) is 9.18 Å². The molecule has 1 amide bonds. The second-order valence-corrected chi connectivity index (χ2v) is 6.95. The molecule has 1 aliphatic heterocycles. The van der Waals surface area contributed by atoms with Gasteiger partial charge in [-0.2, -0.15) is 0 Å². The van der Waals surface area contributed by atoms with Gasteiger partial charge in [0, 0.05) is 17.0 Å². The zero-order valence-electron chi connectivity index (χ0n) is 13.9. The van der Waals surface area contributed by atoms with Crippen LogP contribution in [0.5, 0.6) is 0 Å². The molecule has 1 aromatic heterocycles. The number of methoxy groups -OCH3 is 1. The molecule has 1 unspecified atom stereocenters. The summed E-state index contributed by atoms with van der Waals surface area (Å²) in [5, 5.41) is 3.21. The fraction of sp³-hybridized carbons (Fsp3) is 0.333. The quantitative estimate of drug-likeness (QED) is 0.840. The number of hydrogen-bond acceptors (Lipinski definition) is 5. The van der Waals surface area contributed by atoms with E-state index in [1.807, 2.05) is 6.92 Å². The summed E-state index contributed by atoms with van der Waals surface area (Å²) >= 11 is 1.29. The van der Waals surface area contributed by atoms with E-state index in [1.165, 1.54) is 30.6 Å². The van der Waals surface area contributed by atoms with Crippen LogP contribution < -0.4 is 5.32 Å². The molecule has 0 spiro atoms. The van der Waals surface area contributed by atoms with E-state index in [9.17, 15) is 14.0 Å². The average molecular weight is 363 g/mol. The van der Waals surface area contributed by atoms with Gasteiger partial charge >= 0.3 is 5.97 Å². The van der Waals surface area contributed by atoms with E-state index in [1.54, 1.807) is 12.1 Å². The molecular weight excluding hydrogens is 345 g/mol. The summed E-state index contributed by atoms with van der Waals surface area (Å²) in [5.74, 6) is -1.18. The van der Waals surface area contributed by atoms with Crippen molar-refractivity contribution in [3.63, 3.8) is 0 Å². The van der Waals surface area contributed by atoms with Crippen LogP contribution in [0.2, 0.25) is 0 Å². The zero-order valence-corrected chi connectivity index (χ0v) is 14.7. The van der Waals surface area contributed by atoms with Crippen molar-refractivity contribution in [1.29, 1.82) is 0 Å². The minimum Gasteiger partial charge on any atom is -0.465 e. The molecule has 0 bridgehead atoms. The number of ether oxygens (including phenoxy) is 2. The van der Waals surface area contributed by atoms with Gasteiger partial charge in [-0.3, -0.25) is 4.79 Å². The maximum Gasteiger partial charge on any atom is 0.341 e. The SMILES string of the molecule is COC(=O)c1c(NC(=O)C2CCCO2)sc(C)c1-c1ccc(F)cc1. The number of thiophene rings is 1. The monoisotopic (exact) mass is 363 g/mol. The molecule has 1 aliphatic rings. The van der Waals surface area contributed by atoms with Gasteiger partial charge < -0.3 is 14.8 Å². The lowest BCUT2D eigenvalue weighted by Gasteiger charge is -2.11. The highest BCUT2D eigenvalue weighted by Gasteiger charge is 2.29. The summed E-state index contributed by atoms with van der Waals surface area (Å²) in [4.78, 5) is 25.5. The normalized spacial score (nSPS) is 16.7. The Balaban J connectivity index is 2.00. The number of amides is 1. The maximum atomic E-state index is 13.2. The van der Waals surface area contributed by atoms with E-state index < -0.39 is 12.1 Å². The summed E-state index contributed by atoms with van der Waals surface area (Å²) in [6.07, 6.45) is 1.00. The molecule has 1 N–H and O–H groups in total. The molecule has 132 valence electrons. The lowest BCUT2D eigenvalue weighted by Crippen LogP contribution is -2.27. The first-order chi connectivity index (χ1) is 12.0. The van der Waals surface area contributed by atoms with Crippen LogP contribution in [0.4, 0.5) is 9.39 Å². The Labute approximate surface area is 148 Å². The number of benzene rings is 1. The number of carbonyl (C=O) groups excluding carboxylic acids is 2. The van der Waals surface area contributed by atoms with Crippen LogP contribution in [0.25, 0.3) is 11.1 Å². The van der Waals surface area contributed by atoms with E-state index >= 15 is 0 Å². The standard InChI is InChI=1S/C18H18FNO4S/c1-10-14(11-5-7-12(19)8-6-11)15(18(22)23-2)17(25-10)20-16(21)13-4-3-9-24-13/h5-8,13H,3-4,9H2,1-2H3,(H,20,21). The second kappa shape index (κ2) is 7.33. The first-order valence-corrected chi connectivity index (χ1v) is 8.73. The number of carbonyl (C=O) groups is 2. The molecule has 1 aromatic carbocycles. The van der Waals surface area contributed by atoms with Crippen molar-refractivity contribution in [2.45, 2.75) is 25.9 Å². The van der Waals surface area contributed by atoms with Gasteiger partial charge in [0.05, 0.1) is 7.11 Å². The van der Waals surface area contributed by atoms with Crippen molar-refractivity contribution >= 4 is 28.2 Å². The molecule has 3 rings (SSSR count). The van der Waals surface area contributed by atoms with Crippen molar-refractivity contribution in [1.82, 2.24) is 0 Å². The topological polar surface area (TPSA) is 64.6 Å². The lowest BCUT2D eigenvalue weighted by atomic mass is 10.0. The van der Waals surface area contributed by atoms with Crippen molar-refractivity contribution < 1.29 is 23.5 Å². The summed E-state index contributed by atoms with van der Waals surface area (Å²) in [6, 6.07) is 5.86. The van der Waals surface area contributed by atoms with Crippen molar-refractivity contribution in [2.24, 2.45) is 0 Å². The largest absolute Gasteiger partial charge is 0.465 e.